The minimum atomic E-state index is -0.377. The molecule has 0 aromatic heterocycles. The highest BCUT2D eigenvalue weighted by atomic mass is 16.7. The number of para-hydroxylation sites is 1. The van der Waals surface area contributed by atoms with E-state index in [1.807, 2.05) is 84.9 Å². The summed E-state index contributed by atoms with van der Waals surface area (Å²) in [6, 6.07) is 24.6. The molecule has 2 heterocycles. The Kier molecular flexibility index (Phi) is 5.15. The average molecular weight is 429 g/mol. The number of fused-ring (bicyclic) bond motifs is 1. The fraction of sp³-hybridized carbons (Fsp3) is 0.200. The topological polar surface area (TPSA) is 68.1 Å². The summed E-state index contributed by atoms with van der Waals surface area (Å²) in [7, 11) is 0. The molecule has 2 unspecified atom stereocenters. The second-order valence-corrected chi connectivity index (χ2v) is 7.76. The SMILES string of the molecule is CCOc1ccc(N2C=C3ON(c4ccccc4)C(c4ccc([N+](=O)[O-])cc4)C3C2)cc1. The van der Waals surface area contributed by atoms with Crippen LogP contribution in [0.1, 0.15) is 18.5 Å². The van der Waals surface area contributed by atoms with Gasteiger partial charge in [0.15, 0.2) is 5.76 Å². The Hall–Kier alpha value is -4.00. The quantitative estimate of drug-likeness (QED) is 0.383. The highest BCUT2D eigenvalue weighted by molar-refractivity contribution is 5.57. The number of non-ortho nitro benzene ring substituents is 1. The van der Waals surface area contributed by atoms with Crippen LogP contribution in [0.25, 0.3) is 0 Å². The number of benzene rings is 3. The van der Waals surface area contributed by atoms with Gasteiger partial charge in [-0.2, -0.15) is 0 Å². The Bertz CT molecular complexity index is 1130. The zero-order chi connectivity index (χ0) is 22.1. The molecule has 2 aliphatic rings. The molecule has 162 valence electrons. The number of hydrogen-bond donors (Lipinski definition) is 0. The van der Waals surface area contributed by atoms with Crippen molar-refractivity contribution in [2.75, 3.05) is 23.1 Å². The number of nitrogens with zero attached hydrogens (tertiary/aromatic N) is 3. The number of hydrogen-bond acceptors (Lipinski definition) is 6. The summed E-state index contributed by atoms with van der Waals surface area (Å²) in [5.41, 5.74) is 3.06. The van der Waals surface area contributed by atoms with Gasteiger partial charge in [-0.1, -0.05) is 18.2 Å². The Morgan fingerprint density at radius 2 is 1.72 bits per heavy atom. The molecule has 3 aromatic rings. The highest BCUT2D eigenvalue weighted by Crippen LogP contribution is 2.48. The molecule has 32 heavy (non-hydrogen) atoms. The lowest BCUT2D eigenvalue weighted by Gasteiger charge is -2.28. The fourth-order valence-corrected chi connectivity index (χ4v) is 4.31. The Balaban J connectivity index is 1.46. The fourth-order valence-electron chi connectivity index (χ4n) is 4.31. The molecule has 3 aromatic carbocycles. The molecule has 0 N–H and O–H groups in total. The van der Waals surface area contributed by atoms with E-state index in [4.69, 9.17) is 9.57 Å². The van der Waals surface area contributed by atoms with Crippen LogP contribution in [0.2, 0.25) is 0 Å². The van der Waals surface area contributed by atoms with Gasteiger partial charge in [-0.3, -0.25) is 10.1 Å². The van der Waals surface area contributed by atoms with Crippen molar-refractivity contribution in [3.05, 3.63) is 106 Å². The molecule has 2 aliphatic heterocycles. The molecule has 1 saturated heterocycles. The van der Waals surface area contributed by atoms with Crippen molar-refractivity contribution < 1.29 is 14.5 Å². The number of anilines is 2. The van der Waals surface area contributed by atoms with E-state index in [9.17, 15) is 10.1 Å². The zero-order valence-corrected chi connectivity index (χ0v) is 17.6. The second-order valence-electron chi connectivity index (χ2n) is 7.76. The van der Waals surface area contributed by atoms with E-state index in [2.05, 4.69) is 4.90 Å². The van der Waals surface area contributed by atoms with Crippen LogP contribution >= 0.6 is 0 Å². The maximum atomic E-state index is 11.1. The van der Waals surface area contributed by atoms with Gasteiger partial charge in [0.25, 0.3) is 5.69 Å². The summed E-state index contributed by atoms with van der Waals surface area (Å²) in [5.74, 6) is 1.81. The standard InChI is InChI=1S/C25H23N3O4/c1-2-31-22-14-12-19(13-15-22)26-16-23-24(17-26)32-27(20-6-4-3-5-7-20)25(23)18-8-10-21(11-9-18)28(29)30/h3-15,17,23,25H,2,16H2,1H3. The Morgan fingerprint density at radius 1 is 1.00 bits per heavy atom. The van der Waals surface area contributed by atoms with E-state index >= 15 is 0 Å². The molecule has 0 bridgehead atoms. The number of ether oxygens (including phenoxy) is 1. The van der Waals surface area contributed by atoms with E-state index in [1.165, 1.54) is 0 Å². The second kappa shape index (κ2) is 8.26. The molecule has 0 spiro atoms. The molecule has 0 aliphatic carbocycles. The zero-order valence-electron chi connectivity index (χ0n) is 17.6. The molecular weight excluding hydrogens is 406 g/mol. The van der Waals surface area contributed by atoms with Crippen LogP contribution in [-0.2, 0) is 4.84 Å². The van der Waals surface area contributed by atoms with Gasteiger partial charge in [-0.05, 0) is 61.0 Å². The molecule has 1 fully saturated rings. The smallest absolute Gasteiger partial charge is 0.269 e. The van der Waals surface area contributed by atoms with E-state index in [0.717, 1.165) is 35.0 Å². The third kappa shape index (κ3) is 3.62. The summed E-state index contributed by atoms with van der Waals surface area (Å²) >= 11 is 0. The summed E-state index contributed by atoms with van der Waals surface area (Å²) in [6.07, 6.45) is 2.04. The number of hydroxylamine groups is 1. The molecule has 2 atom stereocenters. The van der Waals surface area contributed by atoms with Crippen LogP contribution in [0.5, 0.6) is 5.75 Å². The maximum Gasteiger partial charge on any atom is 0.269 e. The predicted octanol–water partition coefficient (Wildman–Crippen LogP) is 5.46. The van der Waals surface area contributed by atoms with Gasteiger partial charge >= 0.3 is 0 Å². The van der Waals surface area contributed by atoms with Crippen LogP contribution in [-0.4, -0.2) is 18.1 Å². The third-order valence-electron chi connectivity index (χ3n) is 5.81. The van der Waals surface area contributed by atoms with Crippen LogP contribution in [0.4, 0.5) is 17.1 Å². The number of nitro benzene ring substituents is 1. The van der Waals surface area contributed by atoms with E-state index in [0.29, 0.717) is 6.61 Å². The molecule has 7 nitrogen and oxygen atoms in total. The lowest BCUT2D eigenvalue weighted by Crippen LogP contribution is -2.29. The number of nitro groups is 1. The van der Waals surface area contributed by atoms with Crippen molar-refractivity contribution in [2.24, 2.45) is 5.92 Å². The van der Waals surface area contributed by atoms with E-state index in [1.54, 1.807) is 12.1 Å². The van der Waals surface area contributed by atoms with Crippen molar-refractivity contribution in [2.45, 2.75) is 13.0 Å². The van der Waals surface area contributed by atoms with Gasteiger partial charge in [0.1, 0.15) is 11.8 Å². The van der Waals surface area contributed by atoms with Crippen molar-refractivity contribution >= 4 is 17.1 Å². The first-order valence-corrected chi connectivity index (χ1v) is 10.6. The van der Waals surface area contributed by atoms with Crippen molar-refractivity contribution in [3.63, 3.8) is 0 Å². The van der Waals surface area contributed by atoms with Crippen LogP contribution in [0.3, 0.4) is 0 Å². The van der Waals surface area contributed by atoms with E-state index < -0.39 is 0 Å². The van der Waals surface area contributed by atoms with Crippen LogP contribution < -0.4 is 14.7 Å². The summed E-state index contributed by atoms with van der Waals surface area (Å²) in [4.78, 5) is 19.2. The molecule has 5 rings (SSSR count). The lowest BCUT2D eigenvalue weighted by molar-refractivity contribution is -0.384. The van der Waals surface area contributed by atoms with Crippen molar-refractivity contribution in [3.8, 4) is 5.75 Å². The largest absolute Gasteiger partial charge is 0.494 e. The van der Waals surface area contributed by atoms with Crippen LogP contribution in [0, 0.1) is 16.0 Å². The van der Waals surface area contributed by atoms with Gasteiger partial charge in [0, 0.05) is 30.6 Å². The molecule has 0 amide bonds. The summed E-state index contributed by atoms with van der Waals surface area (Å²) in [6.45, 7) is 3.34. The minimum absolute atomic E-state index is 0.0807. The number of rotatable bonds is 6. The van der Waals surface area contributed by atoms with E-state index in [-0.39, 0.29) is 22.6 Å². The van der Waals surface area contributed by atoms with Gasteiger partial charge in [0.05, 0.1) is 23.1 Å². The van der Waals surface area contributed by atoms with Crippen molar-refractivity contribution in [1.29, 1.82) is 0 Å². The predicted molar refractivity (Wildman–Crippen MR) is 122 cm³/mol. The van der Waals surface area contributed by atoms with Gasteiger partial charge in [-0.25, -0.2) is 5.06 Å². The molecule has 7 heteroatoms. The normalized spacial score (nSPS) is 19.3. The first-order chi connectivity index (χ1) is 15.6. The Labute approximate surface area is 186 Å². The molecule has 0 radical (unpaired) electrons. The highest BCUT2D eigenvalue weighted by Gasteiger charge is 2.46. The maximum absolute atomic E-state index is 11.1. The monoisotopic (exact) mass is 429 g/mol. The summed E-state index contributed by atoms with van der Waals surface area (Å²) < 4.78 is 5.55. The van der Waals surface area contributed by atoms with Gasteiger partial charge in [0.2, 0.25) is 0 Å². The summed E-state index contributed by atoms with van der Waals surface area (Å²) in [5, 5.41) is 13.0. The minimum Gasteiger partial charge on any atom is -0.494 e. The average Bonchev–Trinajstić information content (AvgIpc) is 3.39. The van der Waals surface area contributed by atoms with Gasteiger partial charge in [-0.15, -0.1) is 0 Å². The van der Waals surface area contributed by atoms with Gasteiger partial charge < -0.3 is 14.5 Å². The Morgan fingerprint density at radius 3 is 2.38 bits per heavy atom. The van der Waals surface area contributed by atoms with Crippen molar-refractivity contribution in [1.82, 2.24) is 0 Å². The molecular formula is C25H23N3O4. The van der Waals surface area contributed by atoms with Crippen LogP contribution in [0.15, 0.2) is 90.8 Å². The first kappa shape index (κ1) is 19.9. The third-order valence-corrected chi connectivity index (χ3v) is 5.81. The lowest BCUT2D eigenvalue weighted by atomic mass is 9.93. The molecule has 0 saturated carbocycles. The first-order valence-electron chi connectivity index (χ1n) is 10.6.